The minimum Gasteiger partial charge on any atom is -0.481 e. The van der Waals surface area contributed by atoms with Gasteiger partial charge in [0.25, 0.3) is 5.91 Å². The summed E-state index contributed by atoms with van der Waals surface area (Å²) in [4.78, 5) is 12.2. The zero-order valence-corrected chi connectivity index (χ0v) is 16.6. The largest absolute Gasteiger partial charge is 0.481 e. The predicted molar refractivity (Wildman–Crippen MR) is 107 cm³/mol. The summed E-state index contributed by atoms with van der Waals surface area (Å²) in [5, 5.41) is 3.95. The Kier molecular flexibility index (Phi) is 8.55. The van der Waals surface area contributed by atoms with Gasteiger partial charge in [-0.25, -0.2) is 4.39 Å². The van der Waals surface area contributed by atoms with Crippen molar-refractivity contribution >= 4 is 40.9 Å². The first-order valence-electron chi connectivity index (χ1n) is 8.21. The molecule has 1 N–H and O–H groups in total. The van der Waals surface area contributed by atoms with Gasteiger partial charge >= 0.3 is 0 Å². The van der Waals surface area contributed by atoms with Gasteiger partial charge < -0.3 is 10.1 Å². The molecule has 0 saturated carbocycles. The molecule has 0 unspecified atom stereocenters. The Hall–Kier alpha value is -1.43. The standard InChI is InChI=1S/C19H20Cl2FNO2S/c1-2-18(25-15-6-4-14(22)5-7-15)19(24)23-9-10-26-12-13-3-8-16(20)17(21)11-13/h3-8,11,18H,2,9-10,12H2,1H3,(H,23,24)/t18-/m1/s1. The molecule has 0 aliphatic carbocycles. The summed E-state index contributed by atoms with van der Waals surface area (Å²) in [6.45, 7) is 2.40. The van der Waals surface area contributed by atoms with Gasteiger partial charge in [-0.05, 0) is 48.4 Å². The van der Waals surface area contributed by atoms with Crippen molar-refractivity contribution in [2.45, 2.75) is 25.2 Å². The van der Waals surface area contributed by atoms with Gasteiger partial charge in [0.15, 0.2) is 6.10 Å². The van der Waals surface area contributed by atoms with Crippen molar-refractivity contribution in [2.75, 3.05) is 12.3 Å². The van der Waals surface area contributed by atoms with E-state index in [1.807, 2.05) is 19.1 Å². The molecule has 1 atom stereocenters. The SMILES string of the molecule is CC[C@@H](Oc1ccc(F)cc1)C(=O)NCCSCc1ccc(Cl)c(Cl)c1. The van der Waals surface area contributed by atoms with E-state index in [2.05, 4.69) is 5.32 Å². The third-order valence-electron chi connectivity index (χ3n) is 3.55. The molecule has 2 aromatic rings. The molecule has 0 bridgehead atoms. The van der Waals surface area contributed by atoms with Gasteiger partial charge in [-0.15, -0.1) is 0 Å². The van der Waals surface area contributed by atoms with Gasteiger partial charge in [0, 0.05) is 18.1 Å². The van der Waals surface area contributed by atoms with Gasteiger partial charge in [-0.3, -0.25) is 4.79 Å². The number of nitrogens with one attached hydrogen (secondary N) is 1. The van der Waals surface area contributed by atoms with Crippen molar-refractivity contribution in [2.24, 2.45) is 0 Å². The monoisotopic (exact) mass is 415 g/mol. The molecular formula is C19H20Cl2FNO2S. The topological polar surface area (TPSA) is 38.3 Å². The van der Waals surface area contributed by atoms with Gasteiger partial charge in [0.05, 0.1) is 10.0 Å². The predicted octanol–water partition coefficient (Wildman–Crippen LogP) is 5.34. The molecule has 7 heteroatoms. The minimum atomic E-state index is -0.597. The maximum atomic E-state index is 12.9. The summed E-state index contributed by atoms with van der Waals surface area (Å²) in [5.41, 5.74) is 1.09. The number of thioether (sulfide) groups is 1. The lowest BCUT2D eigenvalue weighted by molar-refractivity contribution is -0.127. The van der Waals surface area contributed by atoms with E-state index in [0.717, 1.165) is 17.1 Å². The van der Waals surface area contributed by atoms with E-state index in [0.29, 0.717) is 28.8 Å². The maximum absolute atomic E-state index is 12.9. The lowest BCUT2D eigenvalue weighted by atomic mass is 10.2. The quantitative estimate of drug-likeness (QED) is 0.561. The first kappa shape index (κ1) is 20.9. The van der Waals surface area contributed by atoms with Crippen molar-refractivity contribution in [3.05, 3.63) is 63.9 Å². The van der Waals surface area contributed by atoms with Crippen LogP contribution in [-0.2, 0) is 10.5 Å². The van der Waals surface area contributed by atoms with Crippen LogP contribution in [0, 0.1) is 5.82 Å². The van der Waals surface area contributed by atoms with Crippen molar-refractivity contribution < 1.29 is 13.9 Å². The zero-order chi connectivity index (χ0) is 18.9. The number of hydrogen-bond donors (Lipinski definition) is 1. The molecule has 0 heterocycles. The summed E-state index contributed by atoms with van der Waals surface area (Å²) in [6, 6.07) is 11.2. The van der Waals surface area contributed by atoms with Crippen LogP contribution >= 0.6 is 35.0 Å². The van der Waals surface area contributed by atoms with E-state index in [1.54, 1.807) is 17.8 Å². The Bertz CT molecular complexity index is 728. The van der Waals surface area contributed by atoms with Crippen LogP contribution in [-0.4, -0.2) is 24.3 Å². The number of hydrogen-bond acceptors (Lipinski definition) is 3. The summed E-state index contributed by atoms with van der Waals surface area (Å²) < 4.78 is 18.5. The highest BCUT2D eigenvalue weighted by atomic mass is 35.5. The van der Waals surface area contributed by atoms with Crippen LogP contribution in [0.3, 0.4) is 0 Å². The highest BCUT2D eigenvalue weighted by Crippen LogP contribution is 2.24. The molecule has 3 nitrogen and oxygen atoms in total. The van der Waals surface area contributed by atoms with E-state index in [1.165, 1.54) is 24.3 Å². The lowest BCUT2D eigenvalue weighted by Gasteiger charge is -2.17. The summed E-state index contributed by atoms with van der Waals surface area (Å²) in [5.74, 6) is 1.51. The maximum Gasteiger partial charge on any atom is 0.261 e. The fourth-order valence-electron chi connectivity index (χ4n) is 2.18. The molecule has 26 heavy (non-hydrogen) atoms. The molecule has 0 spiro atoms. The fraction of sp³-hybridized carbons (Fsp3) is 0.316. The molecule has 0 aliphatic rings. The summed E-state index contributed by atoms with van der Waals surface area (Å²) >= 11 is 13.6. The van der Waals surface area contributed by atoms with Crippen LogP contribution in [0.5, 0.6) is 5.75 Å². The van der Waals surface area contributed by atoms with E-state index >= 15 is 0 Å². The van der Waals surface area contributed by atoms with Crippen molar-refractivity contribution in [3.8, 4) is 5.75 Å². The summed E-state index contributed by atoms with van der Waals surface area (Å²) in [7, 11) is 0. The number of rotatable bonds is 9. The molecule has 1 amide bonds. The Morgan fingerprint density at radius 1 is 1.19 bits per heavy atom. The van der Waals surface area contributed by atoms with E-state index in [9.17, 15) is 9.18 Å². The third kappa shape index (κ3) is 6.71. The second-order valence-corrected chi connectivity index (χ2v) is 7.48. The number of carbonyl (C=O) groups is 1. The first-order valence-corrected chi connectivity index (χ1v) is 10.1. The minimum absolute atomic E-state index is 0.174. The molecule has 0 saturated heterocycles. The highest BCUT2D eigenvalue weighted by Gasteiger charge is 2.17. The first-order chi connectivity index (χ1) is 12.5. The van der Waals surface area contributed by atoms with Crippen LogP contribution in [0.1, 0.15) is 18.9 Å². The molecule has 0 aliphatic heterocycles. The number of halogens is 3. The molecular weight excluding hydrogens is 396 g/mol. The Labute approximate surface area is 167 Å². The average molecular weight is 416 g/mol. The average Bonchev–Trinajstić information content (AvgIpc) is 2.63. The molecule has 2 rings (SSSR count). The van der Waals surface area contributed by atoms with Crippen molar-refractivity contribution in [1.82, 2.24) is 5.32 Å². The zero-order valence-electron chi connectivity index (χ0n) is 14.3. The van der Waals surface area contributed by atoms with Crippen LogP contribution < -0.4 is 10.1 Å². The van der Waals surface area contributed by atoms with Crippen molar-refractivity contribution in [1.29, 1.82) is 0 Å². The van der Waals surface area contributed by atoms with Crippen LogP contribution in [0.15, 0.2) is 42.5 Å². The van der Waals surface area contributed by atoms with E-state index < -0.39 is 6.10 Å². The molecule has 0 aromatic heterocycles. The molecule has 0 fully saturated rings. The smallest absolute Gasteiger partial charge is 0.261 e. The normalized spacial score (nSPS) is 11.8. The van der Waals surface area contributed by atoms with Gasteiger partial charge in [0.1, 0.15) is 11.6 Å². The molecule has 2 aromatic carbocycles. The summed E-state index contributed by atoms with van der Waals surface area (Å²) in [6.07, 6.45) is -0.0693. The van der Waals surface area contributed by atoms with Crippen molar-refractivity contribution in [3.63, 3.8) is 0 Å². The number of carbonyl (C=O) groups excluding carboxylic acids is 1. The van der Waals surface area contributed by atoms with Crippen LogP contribution in [0.25, 0.3) is 0 Å². The highest BCUT2D eigenvalue weighted by molar-refractivity contribution is 7.98. The number of amides is 1. The third-order valence-corrected chi connectivity index (χ3v) is 5.32. The second-order valence-electron chi connectivity index (χ2n) is 5.56. The van der Waals surface area contributed by atoms with Gasteiger partial charge in [-0.1, -0.05) is 36.2 Å². The molecule has 0 radical (unpaired) electrons. The van der Waals surface area contributed by atoms with Crippen LogP contribution in [0.2, 0.25) is 10.0 Å². The number of ether oxygens (including phenoxy) is 1. The van der Waals surface area contributed by atoms with Gasteiger partial charge in [-0.2, -0.15) is 11.8 Å². The van der Waals surface area contributed by atoms with Gasteiger partial charge in [0.2, 0.25) is 0 Å². The van der Waals surface area contributed by atoms with E-state index in [-0.39, 0.29) is 11.7 Å². The lowest BCUT2D eigenvalue weighted by Crippen LogP contribution is -2.39. The fourth-order valence-corrected chi connectivity index (χ4v) is 3.31. The van der Waals surface area contributed by atoms with E-state index in [4.69, 9.17) is 27.9 Å². The molecule has 140 valence electrons. The van der Waals surface area contributed by atoms with Crippen LogP contribution in [0.4, 0.5) is 4.39 Å². The second kappa shape index (κ2) is 10.7. The Balaban J connectivity index is 1.70. The number of benzene rings is 2. The Morgan fingerprint density at radius 2 is 1.92 bits per heavy atom. The Morgan fingerprint density at radius 3 is 2.58 bits per heavy atom.